The Hall–Kier alpha value is -3.27. The predicted molar refractivity (Wildman–Crippen MR) is 157 cm³/mol. The molecular weight excluding hydrogens is 456 g/mol. The number of ether oxygens (including phenoxy) is 2. The number of fused-ring (bicyclic) bond motifs is 4. The van der Waals surface area contributed by atoms with Crippen LogP contribution in [0.1, 0.15) is 79.0 Å². The fourth-order valence-corrected chi connectivity index (χ4v) is 5.26. The molecule has 3 aromatic carbocycles. The third-order valence-corrected chi connectivity index (χ3v) is 7.60. The van der Waals surface area contributed by atoms with Gasteiger partial charge in [-0.2, -0.15) is 0 Å². The summed E-state index contributed by atoms with van der Waals surface area (Å²) in [5, 5.41) is 5.91. The molecule has 0 aliphatic carbocycles. The third kappa shape index (κ3) is 4.11. The molecule has 4 aromatic rings. The van der Waals surface area contributed by atoms with Crippen LogP contribution in [0.15, 0.2) is 36.4 Å². The van der Waals surface area contributed by atoms with Crippen molar-refractivity contribution in [2.75, 3.05) is 19.5 Å². The summed E-state index contributed by atoms with van der Waals surface area (Å²) in [6, 6.07) is 13.4. The Balaban J connectivity index is 2.02. The van der Waals surface area contributed by atoms with Crippen molar-refractivity contribution in [1.82, 2.24) is 4.98 Å². The maximum atomic E-state index is 6.07. The van der Waals surface area contributed by atoms with Crippen LogP contribution in [-0.2, 0) is 16.2 Å². The molecule has 5 rings (SSSR count). The van der Waals surface area contributed by atoms with E-state index in [0.717, 1.165) is 55.8 Å². The number of nitrogens with one attached hydrogen (secondary N) is 1. The van der Waals surface area contributed by atoms with Gasteiger partial charge in [-0.1, -0.05) is 62.3 Å². The van der Waals surface area contributed by atoms with Gasteiger partial charge in [0, 0.05) is 22.2 Å². The fourth-order valence-electron chi connectivity index (χ4n) is 5.26. The van der Waals surface area contributed by atoms with E-state index < -0.39 is 0 Å². The highest BCUT2D eigenvalue weighted by Crippen LogP contribution is 2.54. The lowest BCUT2D eigenvalue weighted by Crippen LogP contribution is -2.15. The van der Waals surface area contributed by atoms with Crippen molar-refractivity contribution in [2.24, 2.45) is 0 Å². The van der Waals surface area contributed by atoms with E-state index in [0.29, 0.717) is 0 Å². The lowest BCUT2D eigenvalue weighted by Gasteiger charge is -2.31. The van der Waals surface area contributed by atoms with Gasteiger partial charge in [0.25, 0.3) is 0 Å². The van der Waals surface area contributed by atoms with Crippen LogP contribution in [0.3, 0.4) is 0 Å². The smallest absolute Gasteiger partial charge is 0.129 e. The molecule has 1 N–H and O–H groups in total. The summed E-state index contributed by atoms with van der Waals surface area (Å²) >= 11 is 0. The van der Waals surface area contributed by atoms with Crippen molar-refractivity contribution in [2.45, 2.75) is 78.6 Å². The van der Waals surface area contributed by atoms with E-state index in [4.69, 9.17) is 14.5 Å². The number of methoxy groups -OCH3 is 2. The summed E-state index contributed by atoms with van der Waals surface area (Å²) in [6.45, 7) is 20.1. The van der Waals surface area contributed by atoms with E-state index in [9.17, 15) is 0 Å². The fraction of sp³-hybridized carbons (Fsp3) is 0.424. The lowest BCUT2D eigenvalue weighted by atomic mass is 9.80. The van der Waals surface area contributed by atoms with Crippen molar-refractivity contribution in [3.63, 3.8) is 0 Å². The topological polar surface area (TPSA) is 43.4 Å². The first-order valence-electron chi connectivity index (χ1n) is 13.1. The molecule has 194 valence electrons. The highest BCUT2D eigenvalue weighted by atomic mass is 16.5. The van der Waals surface area contributed by atoms with Gasteiger partial charge in [-0.3, -0.25) is 0 Å². The quantitative estimate of drug-likeness (QED) is 0.248. The zero-order chi connectivity index (χ0) is 27.1. The summed E-state index contributed by atoms with van der Waals surface area (Å²) in [6.07, 6.45) is 0. The van der Waals surface area contributed by atoms with Crippen molar-refractivity contribution >= 4 is 33.2 Å². The molecule has 0 fully saturated rings. The Kier molecular flexibility index (Phi) is 5.57. The average Bonchev–Trinajstić information content (AvgIpc) is 2.80. The van der Waals surface area contributed by atoms with Crippen molar-refractivity contribution in [3.05, 3.63) is 53.1 Å². The Morgan fingerprint density at radius 3 is 1.54 bits per heavy atom. The monoisotopic (exact) mass is 496 g/mol. The molecule has 1 aromatic heterocycles. The van der Waals surface area contributed by atoms with Crippen LogP contribution in [0.5, 0.6) is 11.5 Å². The van der Waals surface area contributed by atoms with Gasteiger partial charge < -0.3 is 14.8 Å². The second-order valence-electron chi connectivity index (χ2n) is 13.5. The van der Waals surface area contributed by atoms with Crippen LogP contribution in [0, 0.1) is 0 Å². The normalized spacial score (nSPS) is 13.5. The first-order chi connectivity index (χ1) is 17.1. The van der Waals surface area contributed by atoms with Crippen LogP contribution >= 0.6 is 0 Å². The average molecular weight is 497 g/mol. The number of rotatable bonds is 2. The molecular formula is C33H40N2O2. The number of benzene rings is 3. The lowest BCUT2D eigenvalue weighted by molar-refractivity contribution is 0.414. The summed E-state index contributed by atoms with van der Waals surface area (Å²) in [5.74, 6) is 1.70. The van der Waals surface area contributed by atoms with E-state index in [1.165, 1.54) is 16.7 Å². The Labute approximate surface area is 221 Å². The molecule has 0 spiro atoms. The number of hydrogen-bond donors (Lipinski definition) is 1. The molecule has 0 saturated carbocycles. The number of aromatic nitrogens is 1. The van der Waals surface area contributed by atoms with Gasteiger partial charge in [-0.15, -0.1) is 0 Å². The number of hydrogen-bond acceptors (Lipinski definition) is 4. The molecule has 0 amide bonds. The second kappa shape index (κ2) is 8.11. The molecule has 4 heteroatoms. The van der Waals surface area contributed by atoms with Gasteiger partial charge in [0.15, 0.2) is 0 Å². The maximum Gasteiger partial charge on any atom is 0.129 e. The molecule has 2 heterocycles. The number of anilines is 2. The SMILES string of the molecule is COc1cc(C(C)(C)C)cc2c1-c1c3c(cc(C(C)(C)C)cc3nc3cc(C(C)(C)C)cc(OC)c13)N2. The number of nitrogens with zero attached hydrogens (tertiary/aromatic N) is 1. The predicted octanol–water partition coefficient (Wildman–Crippen LogP) is 9.02. The Bertz CT molecular complexity index is 1560. The molecule has 0 bridgehead atoms. The first kappa shape index (κ1) is 25.4. The Morgan fingerprint density at radius 1 is 0.541 bits per heavy atom. The molecule has 1 aliphatic heterocycles. The summed E-state index contributed by atoms with van der Waals surface area (Å²) in [7, 11) is 3.51. The van der Waals surface area contributed by atoms with Crippen molar-refractivity contribution in [3.8, 4) is 22.6 Å². The van der Waals surface area contributed by atoms with Gasteiger partial charge in [0.1, 0.15) is 11.5 Å². The van der Waals surface area contributed by atoms with Gasteiger partial charge in [-0.25, -0.2) is 4.98 Å². The Morgan fingerprint density at radius 2 is 1.00 bits per heavy atom. The van der Waals surface area contributed by atoms with E-state index in [2.05, 4.69) is 104 Å². The van der Waals surface area contributed by atoms with Gasteiger partial charge in [0.05, 0.1) is 36.3 Å². The van der Waals surface area contributed by atoms with Crippen LogP contribution < -0.4 is 14.8 Å². The molecule has 0 radical (unpaired) electrons. The molecule has 4 nitrogen and oxygen atoms in total. The standard InChI is InChI=1S/C33H40N2O2/c1-31(2,3)18-12-21-27-22(13-18)35-24-15-20(33(7,8)9)17-26(37-11)29(24)30(27)28-23(34-21)14-19(32(4,5)6)16-25(28)36-10/h12-17,34H,1-11H3. The zero-order valence-electron chi connectivity index (χ0n) is 24.2. The van der Waals surface area contributed by atoms with E-state index >= 15 is 0 Å². The minimum atomic E-state index is -0.0352. The summed E-state index contributed by atoms with van der Waals surface area (Å²) in [5.41, 5.74) is 9.85. The summed E-state index contributed by atoms with van der Waals surface area (Å²) < 4.78 is 12.1. The third-order valence-electron chi connectivity index (χ3n) is 7.60. The van der Waals surface area contributed by atoms with E-state index in [-0.39, 0.29) is 16.2 Å². The molecule has 1 aliphatic rings. The van der Waals surface area contributed by atoms with Crippen LogP contribution in [0.4, 0.5) is 11.4 Å². The van der Waals surface area contributed by atoms with Gasteiger partial charge in [0.2, 0.25) is 0 Å². The van der Waals surface area contributed by atoms with Crippen molar-refractivity contribution < 1.29 is 9.47 Å². The van der Waals surface area contributed by atoms with E-state index in [1.807, 2.05) is 0 Å². The largest absolute Gasteiger partial charge is 0.496 e. The molecule has 0 unspecified atom stereocenters. The number of pyridine rings is 1. The molecule has 37 heavy (non-hydrogen) atoms. The van der Waals surface area contributed by atoms with Crippen LogP contribution in [0.2, 0.25) is 0 Å². The maximum absolute atomic E-state index is 6.07. The van der Waals surface area contributed by atoms with Crippen LogP contribution in [0.25, 0.3) is 32.9 Å². The molecule has 0 saturated heterocycles. The zero-order valence-corrected chi connectivity index (χ0v) is 24.2. The van der Waals surface area contributed by atoms with Gasteiger partial charge >= 0.3 is 0 Å². The van der Waals surface area contributed by atoms with Gasteiger partial charge in [-0.05, 0) is 69.3 Å². The second-order valence-corrected chi connectivity index (χ2v) is 13.5. The van der Waals surface area contributed by atoms with Crippen LogP contribution in [-0.4, -0.2) is 19.2 Å². The minimum Gasteiger partial charge on any atom is -0.496 e. The van der Waals surface area contributed by atoms with E-state index in [1.54, 1.807) is 14.2 Å². The summed E-state index contributed by atoms with van der Waals surface area (Å²) in [4.78, 5) is 5.26. The first-order valence-corrected chi connectivity index (χ1v) is 13.1. The minimum absolute atomic E-state index is 0.0145. The molecule has 0 atom stereocenters. The van der Waals surface area contributed by atoms with Crippen molar-refractivity contribution in [1.29, 1.82) is 0 Å². The highest BCUT2D eigenvalue weighted by Gasteiger charge is 2.31. The highest BCUT2D eigenvalue weighted by molar-refractivity contribution is 6.21.